The summed E-state index contributed by atoms with van der Waals surface area (Å²) >= 11 is 0. The Morgan fingerprint density at radius 2 is 1.74 bits per heavy atom. The number of carboxylic acids is 2. The molecule has 2 unspecified atom stereocenters. The first-order valence-electron chi connectivity index (χ1n) is 6.63. The fourth-order valence-electron chi connectivity index (χ4n) is 2.11. The lowest BCUT2D eigenvalue weighted by Gasteiger charge is -2.23. The van der Waals surface area contributed by atoms with Crippen molar-refractivity contribution < 1.29 is 24.6 Å². The molecule has 0 aromatic rings. The number of nitrogens with one attached hydrogen (secondary N) is 1. The molecule has 0 aliphatic rings. The maximum absolute atomic E-state index is 11.9. The van der Waals surface area contributed by atoms with Crippen molar-refractivity contribution in [2.45, 2.75) is 46.0 Å². The number of aliphatic carboxylic acids is 2. The van der Waals surface area contributed by atoms with E-state index in [9.17, 15) is 14.4 Å². The third-order valence-corrected chi connectivity index (χ3v) is 3.17. The number of carbonyl (C=O) groups is 3. The van der Waals surface area contributed by atoms with Crippen LogP contribution in [0.3, 0.4) is 0 Å². The summed E-state index contributed by atoms with van der Waals surface area (Å²) in [6, 6.07) is 0. The molecule has 0 saturated heterocycles. The summed E-state index contributed by atoms with van der Waals surface area (Å²) in [6.45, 7) is 3.47. The first kappa shape index (κ1) is 17.4. The molecular formula is C13H23NO5. The fraction of sp³-hybridized carbons (Fsp3) is 0.769. The van der Waals surface area contributed by atoms with Gasteiger partial charge in [-0.2, -0.15) is 0 Å². The molecular weight excluding hydrogens is 250 g/mol. The molecule has 0 saturated carbocycles. The van der Waals surface area contributed by atoms with Crippen LogP contribution in [0.4, 0.5) is 0 Å². The third-order valence-electron chi connectivity index (χ3n) is 3.17. The second-order valence-corrected chi connectivity index (χ2v) is 4.63. The minimum Gasteiger partial charge on any atom is -0.481 e. The number of amides is 1. The van der Waals surface area contributed by atoms with E-state index in [2.05, 4.69) is 5.32 Å². The van der Waals surface area contributed by atoms with Gasteiger partial charge in [0.15, 0.2) is 0 Å². The van der Waals surface area contributed by atoms with Crippen molar-refractivity contribution in [2.24, 2.45) is 11.8 Å². The topological polar surface area (TPSA) is 104 Å². The van der Waals surface area contributed by atoms with Gasteiger partial charge < -0.3 is 15.5 Å². The molecule has 0 aliphatic carbocycles. The quantitative estimate of drug-likeness (QED) is 0.559. The Balaban J connectivity index is 4.69. The minimum atomic E-state index is -1.14. The van der Waals surface area contributed by atoms with Gasteiger partial charge in [0, 0.05) is 0 Å². The maximum Gasteiger partial charge on any atom is 0.322 e. The van der Waals surface area contributed by atoms with Crippen molar-refractivity contribution in [2.75, 3.05) is 6.54 Å². The average Bonchev–Trinajstić information content (AvgIpc) is 2.34. The molecule has 3 N–H and O–H groups in total. The van der Waals surface area contributed by atoms with Gasteiger partial charge in [-0.15, -0.1) is 0 Å². The molecule has 0 aromatic heterocycles. The lowest BCUT2D eigenvalue weighted by molar-refractivity contribution is -0.143. The van der Waals surface area contributed by atoms with Crippen molar-refractivity contribution in [3.05, 3.63) is 0 Å². The monoisotopic (exact) mass is 273 g/mol. The van der Waals surface area contributed by atoms with Crippen LogP contribution in [0.5, 0.6) is 0 Å². The lowest BCUT2D eigenvalue weighted by atomic mass is 9.83. The summed E-state index contributed by atoms with van der Waals surface area (Å²) < 4.78 is 0. The zero-order chi connectivity index (χ0) is 14.8. The SMILES string of the molecule is CCCCC(CC)C(CC(=O)O)C(=O)NCC(=O)O. The van der Waals surface area contributed by atoms with E-state index >= 15 is 0 Å². The van der Waals surface area contributed by atoms with E-state index < -0.39 is 30.3 Å². The van der Waals surface area contributed by atoms with E-state index in [1.54, 1.807) is 0 Å². The predicted molar refractivity (Wildman–Crippen MR) is 69.7 cm³/mol. The summed E-state index contributed by atoms with van der Waals surface area (Å²) in [7, 11) is 0. The third kappa shape index (κ3) is 7.43. The second-order valence-electron chi connectivity index (χ2n) is 4.63. The first-order valence-corrected chi connectivity index (χ1v) is 6.63. The maximum atomic E-state index is 11.9. The van der Waals surface area contributed by atoms with Crippen LogP contribution in [0.2, 0.25) is 0 Å². The van der Waals surface area contributed by atoms with E-state index in [1.165, 1.54) is 0 Å². The molecule has 110 valence electrons. The zero-order valence-electron chi connectivity index (χ0n) is 11.5. The minimum absolute atomic E-state index is 0.0233. The van der Waals surface area contributed by atoms with Crippen LogP contribution in [0.15, 0.2) is 0 Å². The highest BCUT2D eigenvalue weighted by Crippen LogP contribution is 2.25. The molecule has 6 nitrogen and oxygen atoms in total. The van der Waals surface area contributed by atoms with Crippen molar-refractivity contribution in [1.82, 2.24) is 5.32 Å². The van der Waals surface area contributed by atoms with Gasteiger partial charge in [-0.05, 0) is 12.3 Å². The molecule has 19 heavy (non-hydrogen) atoms. The van der Waals surface area contributed by atoms with E-state index in [4.69, 9.17) is 10.2 Å². The van der Waals surface area contributed by atoms with E-state index in [0.29, 0.717) is 6.42 Å². The van der Waals surface area contributed by atoms with Gasteiger partial charge in [0.25, 0.3) is 0 Å². The highest BCUT2D eigenvalue weighted by Gasteiger charge is 2.29. The fourth-order valence-corrected chi connectivity index (χ4v) is 2.11. The van der Waals surface area contributed by atoms with E-state index in [0.717, 1.165) is 19.3 Å². The van der Waals surface area contributed by atoms with Crippen molar-refractivity contribution in [3.8, 4) is 0 Å². The molecule has 0 heterocycles. The number of carboxylic acid groups (broad SMARTS) is 2. The average molecular weight is 273 g/mol. The van der Waals surface area contributed by atoms with Gasteiger partial charge in [0.1, 0.15) is 6.54 Å². The molecule has 0 bridgehead atoms. The zero-order valence-corrected chi connectivity index (χ0v) is 11.5. The summed E-state index contributed by atoms with van der Waals surface area (Å²) in [4.78, 5) is 33.2. The Labute approximate surface area is 113 Å². The molecule has 0 aromatic carbocycles. The first-order chi connectivity index (χ1) is 8.92. The van der Waals surface area contributed by atoms with Crippen LogP contribution < -0.4 is 5.32 Å². The van der Waals surface area contributed by atoms with E-state index in [-0.39, 0.29) is 12.3 Å². The highest BCUT2D eigenvalue weighted by molar-refractivity contribution is 5.86. The van der Waals surface area contributed by atoms with Crippen LogP contribution in [0.25, 0.3) is 0 Å². The van der Waals surface area contributed by atoms with Crippen LogP contribution in [-0.2, 0) is 14.4 Å². The molecule has 0 radical (unpaired) electrons. The summed E-state index contributed by atoms with van der Waals surface area (Å²) in [5.74, 6) is -3.33. The Kier molecular flexibility index (Phi) is 8.57. The number of hydrogen-bond donors (Lipinski definition) is 3. The lowest BCUT2D eigenvalue weighted by Crippen LogP contribution is -2.38. The van der Waals surface area contributed by atoms with Crippen LogP contribution in [0, 0.1) is 11.8 Å². The normalized spacial score (nSPS) is 13.6. The molecule has 6 heteroatoms. The van der Waals surface area contributed by atoms with Crippen molar-refractivity contribution in [1.29, 1.82) is 0 Å². The summed E-state index contributed by atoms with van der Waals surface area (Å²) in [6.07, 6.45) is 3.14. The van der Waals surface area contributed by atoms with Gasteiger partial charge in [-0.1, -0.05) is 33.1 Å². The van der Waals surface area contributed by atoms with Gasteiger partial charge >= 0.3 is 11.9 Å². The summed E-state index contributed by atoms with van der Waals surface area (Å²) in [5, 5.41) is 19.7. The molecule has 0 rings (SSSR count). The van der Waals surface area contributed by atoms with E-state index in [1.807, 2.05) is 13.8 Å². The van der Waals surface area contributed by atoms with Gasteiger partial charge in [-0.3, -0.25) is 14.4 Å². The van der Waals surface area contributed by atoms with Gasteiger partial charge in [0.05, 0.1) is 12.3 Å². The van der Waals surface area contributed by atoms with Crippen molar-refractivity contribution in [3.63, 3.8) is 0 Å². The Morgan fingerprint density at radius 1 is 1.11 bits per heavy atom. The highest BCUT2D eigenvalue weighted by atomic mass is 16.4. The standard InChI is InChI=1S/C13H23NO5/c1-3-5-6-9(4-2)10(7-11(15)16)13(19)14-8-12(17)18/h9-10H,3-8H2,1-2H3,(H,14,19)(H,15,16)(H,17,18). The van der Waals surface area contributed by atoms with Crippen molar-refractivity contribution >= 4 is 17.8 Å². The van der Waals surface area contributed by atoms with Crippen LogP contribution in [-0.4, -0.2) is 34.6 Å². The molecule has 2 atom stereocenters. The largest absolute Gasteiger partial charge is 0.481 e. The van der Waals surface area contributed by atoms with Gasteiger partial charge in [0.2, 0.25) is 5.91 Å². The predicted octanol–water partition coefficient (Wildman–Crippen LogP) is 1.49. The Morgan fingerprint density at radius 3 is 2.16 bits per heavy atom. The number of hydrogen-bond acceptors (Lipinski definition) is 3. The molecule has 0 aliphatic heterocycles. The number of unbranched alkanes of at least 4 members (excludes halogenated alkanes) is 1. The van der Waals surface area contributed by atoms with Gasteiger partial charge in [-0.25, -0.2) is 0 Å². The number of rotatable bonds is 10. The molecule has 0 fully saturated rings. The molecule has 1 amide bonds. The molecule has 0 spiro atoms. The Hall–Kier alpha value is -1.59. The number of carbonyl (C=O) groups excluding carboxylic acids is 1. The second kappa shape index (κ2) is 9.35. The smallest absolute Gasteiger partial charge is 0.322 e. The van der Waals surface area contributed by atoms with Crippen LogP contribution in [0.1, 0.15) is 46.0 Å². The van der Waals surface area contributed by atoms with Crippen LogP contribution >= 0.6 is 0 Å². The Bertz CT molecular complexity index is 316. The summed E-state index contributed by atoms with van der Waals surface area (Å²) in [5.41, 5.74) is 0.